The van der Waals surface area contributed by atoms with Crippen molar-refractivity contribution in [2.75, 3.05) is 29.0 Å². The maximum absolute atomic E-state index is 14.0. The number of anilines is 3. The molecule has 2 aliphatic rings. The Kier molecular flexibility index (Phi) is 5.58. The van der Waals surface area contributed by atoms with E-state index in [1.54, 1.807) is 6.07 Å². The number of carbonyl (C=O) groups is 1. The van der Waals surface area contributed by atoms with Crippen LogP contribution in [-0.2, 0) is 4.79 Å². The minimum atomic E-state index is -1.07. The molecule has 8 nitrogen and oxygen atoms in total. The van der Waals surface area contributed by atoms with E-state index in [0.29, 0.717) is 24.6 Å². The highest BCUT2D eigenvalue weighted by atomic mass is 35.5. The highest BCUT2D eigenvalue weighted by molar-refractivity contribution is 6.30. The van der Waals surface area contributed by atoms with Gasteiger partial charge in [-0.15, -0.1) is 0 Å². The van der Waals surface area contributed by atoms with Crippen molar-refractivity contribution in [3.63, 3.8) is 0 Å². The predicted molar refractivity (Wildman–Crippen MR) is 116 cm³/mol. The Morgan fingerprint density at radius 3 is 2.71 bits per heavy atom. The smallest absolute Gasteiger partial charge is 0.243 e. The van der Waals surface area contributed by atoms with E-state index in [9.17, 15) is 14.4 Å². The van der Waals surface area contributed by atoms with E-state index in [0.717, 1.165) is 25.7 Å². The van der Waals surface area contributed by atoms with Crippen LogP contribution < -0.4 is 21.7 Å². The molecule has 5 N–H and O–H groups in total. The lowest BCUT2D eigenvalue weighted by Gasteiger charge is -2.45. The summed E-state index contributed by atoms with van der Waals surface area (Å²) in [4.78, 5) is 23.0. The Hall–Kier alpha value is -3.12. The van der Waals surface area contributed by atoms with Crippen LogP contribution in [0.4, 0.5) is 21.7 Å². The molecule has 162 valence electrons. The Morgan fingerprint density at radius 2 is 2.06 bits per heavy atom. The minimum absolute atomic E-state index is 0.0305. The summed E-state index contributed by atoms with van der Waals surface area (Å²) in [7, 11) is 0. The average Bonchev–Trinajstić information content (AvgIpc) is 3.56. The summed E-state index contributed by atoms with van der Waals surface area (Å²) in [6, 6.07) is 6.18. The van der Waals surface area contributed by atoms with E-state index >= 15 is 0 Å². The highest BCUT2D eigenvalue weighted by Gasteiger charge is 2.55. The maximum Gasteiger partial charge on any atom is 0.243 e. The first-order chi connectivity index (χ1) is 14.8. The number of halogens is 2. The highest BCUT2D eigenvalue weighted by Crippen LogP contribution is 2.48. The summed E-state index contributed by atoms with van der Waals surface area (Å²) in [6.07, 6.45) is 4.53. The van der Waals surface area contributed by atoms with Crippen molar-refractivity contribution in [3.8, 4) is 6.07 Å². The zero-order valence-electron chi connectivity index (χ0n) is 16.8. The average molecular weight is 444 g/mol. The standard InChI is InChI=1S/C21H23ClFN7O/c22-14-6-15(23)8-16(7-14)29-21(20(26)31,12-3-4-12)13-2-1-5-30(10-13)19-17(9-24)18(25)27-11-28-19/h6-8,11-13,29H,1-5,10H2,(H2,26,31)(H2,25,27,28)/t13-,21?/m1/s1. The second-order valence-electron chi connectivity index (χ2n) is 8.15. The number of primary amides is 1. The molecule has 1 aliphatic carbocycles. The van der Waals surface area contributed by atoms with Crippen LogP contribution in [0.5, 0.6) is 0 Å². The molecule has 1 saturated carbocycles. The number of rotatable bonds is 6. The van der Waals surface area contributed by atoms with Gasteiger partial charge >= 0.3 is 0 Å². The number of aromatic nitrogens is 2. The van der Waals surface area contributed by atoms with Gasteiger partial charge in [0.1, 0.15) is 35.1 Å². The summed E-state index contributed by atoms with van der Waals surface area (Å²) in [6.45, 7) is 1.10. The molecule has 2 aromatic rings. The fraction of sp³-hybridized carbons (Fsp3) is 0.429. The first-order valence-electron chi connectivity index (χ1n) is 10.1. The second-order valence-corrected chi connectivity index (χ2v) is 8.58. The van der Waals surface area contributed by atoms with Gasteiger partial charge in [0.15, 0.2) is 5.82 Å². The molecule has 0 bridgehead atoms. The third-order valence-corrected chi connectivity index (χ3v) is 6.39. The van der Waals surface area contributed by atoms with Crippen LogP contribution in [0, 0.1) is 29.0 Å². The van der Waals surface area contributed by atoms with Crippen LogP contribution in [-0.4, -0.2) is 34.5 Å². The number of hydrogen-bond donors (Lipinski definition) is 3. The molecule has 0 radical (unpaired) electrons. The van der Waals surface area contributed by atoms with Gasteiger partial charge in [0, 0.05) is 29.7 Å². The molecule has 4 rings (SSSR count). The van der Waals surface area contributed by atoms with Gasteiger partial charge in [-0.2, -0.15) is 5.26 Å². The number of nitrogens with one attached hydrogen (secondary N) is 1. The summed E-state index contributed by atoms with van der Waals surface area (Å²) >= 11 is 6.03. The zero-order valence-corrected chi connectivity index (χ0v) is 17.6. The number of nitrogens with two attached hydrogens (primary N) is 2. The van der Waals surface area contributed by atoms with Gasteiger partial charge < -0.3 is 21.7 Å². The Bertz CT molecular complexity index is 1030. The molecule has 1 aliphatic heterocycles. The number of piperidine rings is 1. The third kappa shape index (κ3) is 3.95. The van der Waals surface area contributed by atoms with Crippen LogP contribution >= 0.6 is 11.6 Å². The van der Waals surface area contributed by atoms with Crippen LogP contribution in [0.3, 0.4) is 0 Å². The number of hydrogen-bond acceptors (Lipinski definition) is 7. The van der Waals surface area contributed by atoms with Crippen molar-refractivity contribution in [1.82, 2.24) is 9.97 Å². The molecular weight excluding hydrogens is 421 g/mol. The van der Waals surface area contributed by atoms with Gasteiger partial charge in [-0.1, -0.05) is 11.6 Å². The van der Waals surface area contributed by atoms with Crippen molar-refractivity contribution < 1.29 is 9.18 Å². The van der Waals surface area contributed by atoms with Crippen LogP contribution in [0.15, 0.2) is 24.5 Å². The molecule has 0 spiro atoms. The van der Waals surface area contributed by atoms with Gasteiger partial charge in [0.2, 0.25) is 5.91 Å². The van der Waals surface area contributed by atoms with Crippen LogP contribution in [0.25, 0.3) is 0 Å². The predicted octanol–water partition coefficient (Wildman–Crippen LogP) is 2.69. The van der Waals surface area contributed by atoms with E-state index in [2.05, 4.69) is 21.4 Å². The molecule has 1 aromatic carbocycles. The fourth-order valence-corrected chi connectivity index (χ4v) is 4.90. The van der Waals surface area contributed by atoms with Gasteiger partial charge in [0.05, 0.1) is 0 Å². The molecule has 2 fully saturated rings. The van der Waals surface area contributed by atoms with E-state index in [4.69, 9.17) is 23.1 Å². The molecule has 1 amide bonds. The topological polar surface area (TPSA) is 134 Å². The lowest BCUT2D eigenvalue weighted by atomic mass is 9.74. The van der Waals surface area contributed by atoms with E-state index in [1.807, 2.05) is 4.90 Å². The molecule has 1 unspecified atom stereocenters. The molecule has 1 saturated heterocycles. The number of nitrogens with zero attached hydrogens (tertiary/aromatic N) is 4. The van der Waals surface area contributed by atoms with Crippen molar-refractivity contribution in [2.24, 2.45) is 17.6 Å². The van der Waals surface area contributed by atoms with E-state index in [-0.39, 0.29) is 28.2 Å². The largest absolute Gasteiger partial charge is 0.382 e. The third-order valence-electron chi connectivity index (χ3n) is 6.18. The number of amides is 1. The van der Waals surface area contributed by atoms with Gasteiger partial charge in [-0.05, 0) is 49.8 Å². The Morgan fingerprint density at radius 1 is 1.29 bits per heavy atom. The summed E-state index contributed by atoms with van der Waals surface area (Å²) < 4.78 is 14.0. The van der Waals surface area contributed by atoms with Crippen LogP contribution in [0.2, 0.25) is 5.02 Å². The molecule has 2 heterocycles. The molecule has 10 heteroatoms. The number of carbonyl (C=O) groups excluding carboxylic acids is 1. The van der Waals surface area contributed by atoms with E-state index in [1.165, 1.54) is 18.5 Å². The van der Waals surface area contributed by atoms with Crippen LogP contribution in [0.1, 0.15) is 31.2 Å². The number of benzene rings is 1. The van der Waals surface area contributed by atoms with Gasteiger partial charge in [0.25, 0.3) is 0 Å². The first-order valence-corrected chi connectivity index (χ1v) is 10.5. The van der Waals surface area contributed by atoms with Gasteiger partial charge in [-0.25, -0.2) is 14.4 Å². The quantitative estimate of drug-likeness (QED) is 0.624. The van der Waals surface area contributed by atoms with Gasteiger partial charge in [-0.3, -0.25) is 4.79 Å². The fourth-order valence-electron chi connectivity index (χ4n) is 4.68. The summed E-state index contributed by atoms with van der Waals surface area (Å²) in [5.74, 6) is -0.568. The monoisotopic (exact) mass is 443 g/mol. The Balaban J connectivity index is 1.70. The zero-order chi connectivity index (χ0) is 22.2. The van der Waals surface area contributed by atoms with E-state index < -0.39 is 17.3 Å². The molecule has 31 heavy (non-hydrogen) atoms. The molecule has 2 atom stereocenters. The summed E-state index contributed by atoms with van der Waals surface area (Å²) in [5.41, 5.74) is 11.4. The Labute approximate surface area is 184 Å². The van der Waals surface area contributed by atoms with Crippen molar-refractivity contribution in [3.05, 3.63) is 40.9 Å². The lowest BCUT2D eigenvalue weighted by Crippen LogP contribution is -2.61. The second kappa shape index (κ2) is 8.19. The maximum atomic E-state index is 14.0. The lowest BCUT2D eigenvalue weighted by molar-refractivity contribution is -0.125. The summed E-state index contributed by atoms with van der Waals surface area (Å²) in [5, 5.41) is 13.0. The molecule has 1 aromatic heterocycles. The normalized spacial score (nSPS) is 20.5. The number of nitrogen functional groups attached to an aromatic ring is 1. The van der Waals surface area contributed by atoms with Crippen molar-refractivity contribution in [2.45, 2.75) is 31.2 Å². The molecular formula is C21H23ClFN7O. The number of nitriles is 1. The SMILES string of the molecule is N#Cc1c(N)ncnc1N1CCC[C@@H](C(Nc2cc(F)cc(Cl)c2)(C(N)=O)C2CC2)C1. The minimum Gasteiger partial charge on any atom is -0.382 e. The van der Waals surface area contributed by atoms with Crippen molar-refractivity contribution in [1.29, 1.82) is 5.26 Å². The van der Waals surface area contributed by atoms with Crippen molar-refractivity contribution >= 4 is 34.8 Å². The first kappa shape index (κ1) is 21.1.